The molecule has 1 aliphatic carbocycles. The molecule has 50 heavy (non-hydrogen) atoms. The highest BCUT2D eigenvalue weighted by molar-refractivity contribution is 5.91. The maximum Gasteiger partial charge on any atom is 0.328 e. The van der Waals surface area contributed by atoms with Crippen molar-refractivity contribution in [3.8, 4) is 0 Å². The van der Waals surface area contributed by atoms with Crippen molar-refractivity contribution in [3.05, 3.63) is 89.0 Å². The van der Waals surface area contributed by atoms with Gasteiger partial charge in [-0.15, -0.1) is 0 Å². The SMILES string of the molecule is CC1=C(C)C(C)(C=CC(=O)O)CC1.O=C(O)CCC(CCC(=O)O)(C(=O)O)c1ccccc1.O=C(O)CCCC(=O)Nc1ccc(F)cc1F. The van der Waals surface area contributed by atoms with Gasteiger partial charge in [0.05, 0.1) is 11.1 Å². The normalized spacial score (nSPS) is 15.3. The van der Waals surface area contributed by atoms with Crippen LogP contribution in [0.2, 0.25) is 0 Å². The second-order valence-electron chi connectivity index (χ2n) is 12.0. The monoisotopic (exact) mass is 703 g/mol. The molecule has 1 unspecified atom stereocenters. The molecule has 0 aromatic heterocycles. The number of nitrogens with one attached hydrogen (secondary N) is 1. The molecule has 0 bridgehead atoms. The molecule has 0 fully saturated rings. The van der Waals surface area contributed by atoms with Crippen LogP contribution < -0.4 is 5.32 Å². The van der Waals surface area contributed by atoms with Gasteiger partial charge in [-0.3, -0.25) is 24.0 Å². The van der Waals surface area contributed by atoms with Gasteiger partial charge in [-0.05, 0) is 63.6 Å². The van der Waals surface area contributed by atoms with Crippen LogP contribution in [0.15, 0.2) is 71.8 Å². The molecule has 0 heterocycles. The molecule has 1 amide bonds. The smallest absolute Gasteiger partial charge is 0.328 e. The molecular formula is C36H43F2NO11. The predicted octanol–water partition coefficient (Wildman–Crippen LogP) is 6.66. The van der Waals surface area contributed by atoms with Gasteiger partial charge in [0, 0.05) is 43.2 Å². The minimum absolute atomic E-state index is 0.0247. The summed E-state index contributed by atoms with van der Waals surface area (Å²) in [6.07, 6.45) is 4.25. The molecule has 0 saturated heterocycles. The van der Waals surface area contributed by atoms with Gasteiger partial charge in [0.1, 0.15) is 11.6 Å². The van der Waals surface area contributed by atoms with E-state index in [1.807, 2.05) is 0 Å². The lowest BCUT2D eigenvalue weighted by molar-refractivity contribution is -0.146. The van der Waals surface area contributed by atoms with E-state index in [1.165, 1.54) is 17.2 Å². The third kappa shape index (κ3) is 14.4. The molecule has 14 heteroatoms. The number of anilines is 1. The van der Waals surface area contributed by atoms with Crippen LogP contribution in [-0.2, 0) is 34.2 Å². The molecule has 2 aromatic carbocycles. The first-order valence-corrected chi connectivity index (χ1v) is 15.6. The largest absolute Gasteiger partial charge is 0.481 e. The Kier molecular flexibility index (Phi) is 17.2. The number of aliphatic carboxylic acids is 5. The molecule has 1 aliphatic rings. The highest BCUT2D eigenvalue weighted by atomic mass is 19.1. The Morgan fingerprint density at radius 2 is 1.38 bits per heavy atom. The fourth-order valence-electron chi connectivity index (χ4n) is 5.13. The molecule has 272 valence electrons. The first kappa shape index (κ1) is 42.6. The summed E-state index contributed by atoms with van der Waals surface area (Å²) in [4.78, 5) is 65.0. The van der Waals surface area contributed by atoms with Crippen LogP contribution in [0.5, 0.6) is 0 Å². The highest BCUT2D eigenvalue weighted by Gasteiger charge is 2.40. The van der Waals surface area contributed by atoms with Crippen molar-refractivity contribution in [1.29, 1.82) is 0 Å². The minimum atomic E-state index is -1.49. The third-order valence-corrected chi connectivity index (χ3v) is 8.38. The van der Waals surface area contributed by atoms with E-state index in [-0.39, 0.29) is 56.0 Å². The topological polar surface area (TPSA) is 216 Å². The Morgan fingerprint density at radius 1 is 0.820 bits per heavy atom. The molecule has 6 N–H and O–H groups in total. The average molecular weight is 704 g/mol. The van der Waals surface area contributed by atoms with Gasteiger partial charge in [-0.1, -0.05) is 54.5 Å². The number of benzene rings is 2. The van der Waals surface area contributed by atoms with E-state index in [2.05, 4.69) is 26.1 Å². The summed E-state index contributed by atoms with van der Waals surface area (Å²) in [6.45, 7) is 6.31. The van der Waals surface area contributed by atoms with Crippen molar-refractivity contribution in [1.82, 2.24) is 0 Å². The van der Waals surface area contributed by atoms with Crippen LogP contribution in [-0.4, -0.2) is 61.3 Å². The summed E-state index contributed by atoms with van der Waals surface area (Å²) >= 11 is 0. The molecule has 0 saturated carbocycles. The van der Waals surface area contributed by atoms with E-state index >= 15 is 0 Å². The number of halogens is 2. The standard InChI is InChI=1S/C14H16O6.C11H11F2NO3.C11H16O2/c15-11(16)6-8-14(13(19)20,9-7-12(17)18)10-4-2-1-3-5-10;12-7-4-5-9(8(13)6-7)14-10(15)2-1-3-11(16)17;1-8-4-6-11(3,9(8)2)7-5-10(12)13/h1-5H,6-9H2,(H,15,16)(H,17,18)(H,19,20);4-6H,1-3H2,(H,14,15)(H,16,17);5,7H,4,6H2,1-3H3,(H,12,13). The quantitative estimate of drug-likeness (QED) is 0.0851. The van der Waals surface area contributed by atoms with E-state index in [4.69, 9.17) is 20.4 Å². The van der Waals surface area contributed by atoms with Gasteiger partial charge in [0.25, 0.3) is 0 Å². The Hall–Kier alpha value is -5.40. The second-order valence-corrected chi connectivity index (χ2v) is 12.0. The summed E-state index contributed by atoms with van der Waals surface area (Å²) < 4.78 is 25.7. The predicted molar refractivity (Wildman–Crippen MR) is 178 cm³/mol. The van der Waals surface area contributed by atoms with Crippen molar-refractivity contribution in [2.24, 2.45) is 5.41 Å². The van der Waals surface area contributed by atoms with Crippen LogP contribution in [0.4, 0.5) is 14.5 Å². The number of hydrogen-bond acceptors (Lipinski definition) is 6. The molecule has 12 nitrogen and oxygen atoms in total. The molecule has 3 rings (SSSR count). The molecule has 2 aromatic rings. The minimum Gasteiger partial charge on any atom is -0.481 e. The molecule has 0 spiro atoms. The van der Waals surface area contributed by atoms with Gasteiger partial charge in [0.15, 0.2) is 0 Å². The van der Waals surface area contributed by atoms with Crippen molar-refractivity contribution in [3.63, 3.8) is 0 Å². The van der Waals surface area contributed by atoms with Crippen molar-refractivity contribution in [2.75, 3.05) is 5.32 Å². The summed E-state index contributed by atoms with van der Waals surface area (Å²) in [7, 11) is 0. The lowest BCUT2D eigenvalue weighted by Crippen LogP contribution is -2.37. The number of carbonyl (C=O) groups excluding carboxylic acids is 1. The maximum atomic E-state index is 13.1. The van der Waals surface area contributed by atoms with Gasteiger partial charge in [-0.25, -0.2) is 13.6 Å². The summed E-state index contributed by atoms with van der Waals surface area (Å²) in [5.41, 5.74) is 1.52. The summed E-state index contributed by atoms with van der Waals surface area (Å²) in [5, 5.41) is 46.2. The number of amides is 1. The second kappa shape index (κ2) is 20.2. The Bertz CT molecular complexity index is 1570. The van der Waals surface area contributed by atoms with E-state index in [1.54, 1.807) is 36.4 Å². The zero-order chi connectivity index (χ0) is 38.1. The number of hydrogen-bond donors (Lipinski definition) is 6. The molecule has 0 radical (unpaired) electrons. The highest BCUT2D eigenvalue weighted by Crippen LogP contribution is 2.43. The van der Waals surface area contributed by atoms with Gasteiger partial charge < -0.3 is 30.8 Å². The lowest BCUT2D eigenvalue weighted by Gasteiger charge is -2.29. The zero-order valence-corrected chi connectivity index (χ0v) is 28.1. The number of carboxylic acids is 5. The first-order valence-electron chi connectivity index (χ1n) is 15.6. The number of carbonyl (C=O) groups is 6. The molecular weight excluding hydrogens is 660 g/mol. The van der Waals surface area contributed by atoms with Crippen LogP contribution in [0.1, 0.15) is 84.1 Å². The van der Waals surface area contributed by atoms with Crippen LogP contribution in [0.25, 0.3) is 0 Å². The third-order valence-electron chi connectivity index (χ3n) is 8.38. The van der Waals surface area contributed by atoms with Gasteiger partial charge >= 0.3 is 29.8 Å². The van der Waals surface area contributed by atoms with E-state index in [0.29, 0.717) is 11.6 Å². The van der Waals surface area contributed by atoms with Crippen LogP contribution in [0, 0.1) is 17.0 Å². The van der Waals surface area contributed by atoms with Crippen LogP contribution in [0.3, 0.4) is 0 Å². The van der Waals surface area contributed by atoms with Crippen molar-refractivity contribution < 1.29 is 63.1 Å². The van der Waals surface area contributed by atoms with Crippen molar-refractivity contribution >= 4 is 41.4 Å². The first-order chi connectivity index (χ1) is 23.3. The fourth-order valence-corrected chi connectivity index (χ4v) is 5.13. The Labute approximate surface area is 288 Å². The zero-order valence-electron chi connectivity index (χ0n) is 28.1. The van der Waals surface area contributed by atoms with Gasteiger partial charge in [-0.2, -0.15) is 0 Å². The van der Waals surface area contributed by atoms with Gasteiger partial charge in [0.2, 0.25) is 5.91 Å². The summed E-state index contributed by atoms with van der Waals surface area (Å²) in [5.74, 6) is -7.38. The number of rotatable bonds is 15. The van der Waals surface area contributed by atoms with E-state index < -0.39 is 52.8 Å². The maximum absolute atomic E-state index is 13.1. The van der Waals surface area contributed by atoms with Crippen LogP contribution >= 0.6 is 0 Å². The lowest BCUT2D eigenvalue weighted by atomic mass is 9.73. The number of carboxylic acid groups (broad SMARTS) is 5. The number of allylic oxidation sites excluding steroid dienone is 3. The Balaban J connectivity index is 0.000000383. The average Bonchev–Trinajstić information content (AvgIpc) is 3.29. The van der Waals surface area contributed by atoms with E-state index in [9.17, 15) is 42.7 Å². The Morgan fingerprint density at radius 3 is 1.82 bits per heavy atom. The molecule has 1 atom stereocenters. The fraction of sp³-hybridized carbons (Fsp3) is 0.389. The summed E-state index contributed by atoms with van der Waals surface area (Å²) in [6, 6.07) is 11.0. The van der Waals surface area contributed by atoms with E-state index in [0.717, 1.165) is 25.0 Å². The van der Waals surface area contributed by atoms with Crippen molar-refractivity contribution in [2.45, 2.75) is 84.0 Å². The molecule has 0 aliphatic heterocycles.